The molecule has 6 nitrogen and oxygen atoms in total. The minimum absolute atomic E-state index is 0.210. The molecule has 0 saturated carbocycles. The van der Waals surface area contributed by atoms with Gasteiger partial charge in [0.2, 0.25) is 0 Å². The summed E-state index contributed by atoms with van der Waals surface area (Å²) in [4.78, 5) is 12.8. The van der Waals surface area contributed by atoms with Crippen molar-refractivity contribution in [2.24, 2.45) is 0 Å². The lowest BCUT2D eigenvalue weighted by Crippen LogP contribution is -2.32. The molecule has 1 aliphatic rings. The summed E-state index contributed by atoms with van der Waals surface area (Å²) in [7, 11) is 0. The molecule has 0 spiro atoms. The number of hydrogen-bond acceptors (Lipinski definition) is 4. The summed E-state index contributed by atoms with van der Waals surface area (Å²) < 4.78 is 7.43. The average Bonchev–Trinajstić information content (AvgIpc) is 3.39. The Morgan fingerprint density at radius 3 is 2.85 bits per heavy atom. The van der Waals surface area contributed by atoms with Crippen LogP contribution in [0.15, 0.2) is 65.4 Å². The molecule has 1 saturated heterocycles. The van der Waals surface area contributed by atoms with E-state index in [-0.39, 0.29) is 11.9 Å². The molecule has 4 rings (SSSR count). The normalized spacial score (nSPS) is 18.4. The SMILES string of the molecule is O=C(NC(c1ccccc1)c1ccco1)c1ccn(C2CCCNC2)n1. The Morgan fingerprint density at radius 1 is 1.23 bits per heavy atom. The molecular formula is C20H22N4O2. The highest BCUT2D eigenvalue weighted by atomic mass is 16.3. The monoisotopic (exact) mass is 350 g/mol. The average molecular weight is 350 g/mol. The van der Waals surface area contributed by atoms with Crippen molar-refractivity contribution in [2.75, 3.05) is 13.1 Å². The van der Waals surface area contributed by atoms with Gasteiger partial charge in [0.05, 0.1) is 12.3 Å². The summed E-state index contributed by atoms with van der Waals surface area (Å²) in [5.41, 5.74) is 1.38. The van der Waals surface area contributed by atoms with Crippen molar-refractivity contribution >= 4 is 5.91 Å². The molecule has 3 aromatic rings. The first-order chi connectivity index (χ1) is 12.8. The van der Waals surface area contributed by atoms with Gasteiger partial charge in [0.1, 0.15) is 17.5 Å². The molecule has 6 heteroatoms. The molecule has 1 aromatic carbocycles. The molecular weight excluding hydrogens is 328 g/mol. The first-order valence-corrected chi connectivity index (χ1v) is 8.96. The minimum atomic E-state index is -0.347. The highest BCUT2D eigenvalue weighted by Gasteiger charge is 2.22. The van der Waals surface area contributed by atoms with Crippen LogP contribution in [0.2, 0.25) is 0 Å². The van der Waals surface area contributed by atoms with Gasteiger partial charge in [-0.05, 0) is 43.1 Å². The van der Waals surface area contributed by atoms with E-state index in [2.05, 4.69) is 15.7 Å². The van der Waals surface area contributed by atoms with Crippen LogP contribution in [0.5, 0.6) is 0 Å². The maximum Gasteiger partial charge on any atom is 0.272 e. The molecule has 0 radical (unpaired) electrons. The van der Waals surface area contributed by atoms with Crippen molar-refractivity contribution in [3.63, 3.8) is 0 Å². The van der Waals surface area contributed by atoms with Crippen LogP contribution in [0.25, 0.3) is 0 Å². The Labute approximate surface area is 152 Å². The molecule has 0 aliphatic carbocycles. The lowest BCUT2D eigenvalue weighted by atomic mass is 10.0. The van der Waals surface area contributed by atoms with Crippen molar-refractivity contribution in [1.82, 2.24) is 20.4 Å². The number of carbonyl (C=O) groups is 1. The number of hydrogen-bond donors (Lipinski definition) is 2. The fourth-order valence-electron chi connectivity index (χ4n) is 3.35. The number of rotatable bonds is 5. The second-order valence-corrected chi connectivity index (χ2v) is 6.51. The highest BCUT2D eigenvalue weighted by Crippen LogP contribution is 2.23. The summed E-state index contributed by atoms with van der Waals surface area (Å²) in [5, 5.41) is 10.9. The number of aromatic nitrogens is 2. The van der Waals surface area contributed by atoms with E-state index >= 15 is 0 Å². The van der Waals surface area contributed by atoms with E-state index in [9.17, 15) is 4.79 Å². The zero-order valence-electron chi connectivity index (χ0n) is 14.5. The Bertz CT molecular complexity index is 836. The minimum Gasteiger partial charge on any atom is -0.467 e. The standard InChI is InChI=1S/C20H22N4O2/c25-20(17-10-12-24(23-17)16-8-4-11-21-14-16)22-19(18-9-5-13-26-18)15-6-2-1-3-7-15/h1-3,5-7,9-10,12-13,16,19,21H,4,8,11,14H2,(H,22,25). The molecule has 3 heterocycles. The van der Waals surface area contributed by atoms with Crippen LogP contribution in [0.4, 0.5) is 0 Å². The lowest BCUT2D eigenvalue weighted by molar-refractivity contribution is 0.0932. The first kappa shape index (κ1) is 16.6. The Morgan fingerprint density at radius 2 is 2.12 bits per heavy atom. The van der Waals surface area contributed by atoms with E-state index in [1.165, 1.54) is 0 Å². The first-order valence-electron chi connectivity index (χ1n) is 8.96. The van der Waals surface area contributed by atoms with E-state index in [4.69, 9.17) is 4.42 Å². The third kappa shape index (κ3) is 3.55. The lowest BCUT2D eigenvalue weighted by Gasteiger charge is -2.23. The Hall–Kier alpha value is -2.86. The van der Waals surface area contributed by atoms with Gasteiger partial charge in [0.25, 0.3) is 5.91 Å². The van der Waals surface area contributed by atoms with Crippen molar-refractivity contribution < 1.29 is 9.21 Å². The van der Waals surface area contributed by atoms with Crippen LogP contribution in [-0.4, -0.2) is 28.8 Å². The number of nitrogens with zero attached hydrogens (tertiary/aromatic N) is 2. The van der Waals surface area contributed by atoms with Gasteiger partial charge in [-0.15, -0.1) is 0 Å². The van der Waals surface area contributed by atoms with Gasteiger partial charge in [-0.1, -0.05) is 30.3 Å². The third-order valence-corrected chi connectivity index (χ3v) is 4.72. The molecule has 0 bridgehead atoms. The maximum atomic E-state index is 12.8. The van der Waals surface area contributed by atoms with Gasteiger partial charge in [0, 0.05) is 12.7 Å². The molecule has 2 unspecified atom stereocenters. The molecule has 26 heavy (non-hydrogen) atoms. The van der Waals surface area contributed by atoms with Crippen molar-refractivity contribution in [2.45, 2.75) is 24.9 Å². The van der Waals surface area contributed by atoms with Gasteiger partial charge < -0.3 is 15.1 Å². The second-order valence-electron chi connectivity index (χ2n) is 6.51. The van der Waals surface area contributed by atoms with Crippen molar-refractivity contribution in [3.05, 3.63) is 78.0 Å². The van der Waals surface area contributed by atoms with Gasteiger partial charge >= 0.3 is 0 Å². The smallest absolute Gasteiger partial charge is 0.272 e. The number of furan rings is 1. The highest BCUT2D eigenvalue weighted by molar-refractivity contribution is 5.92. The molecule has 1 fully saturated rings. The van der Waals surface area contributed by atoms with Gasteiger partial charge in [-0.3, -0.25) is 9.48 Å². The third-order valence-electron chi connectivity index (χ3n) is 4.72. The summed E-state index contributed by atoms with van der Waals surface area (Å²) >= 11 is 0. The van der Waals surface area contributed by atoms with Gasteiger partial charge in [0.15, 0.2) is 0 Å². The largest absolute Gasteiger partial charge is 0.467 e. The van der Waals surface area contributed by atoms with E-state index in [1.54, 1.807) is 12.3 Å². The molecule has 2 aromatic heterocycles. The van der Waals surface area contributed by atoms with Crippen LogP contribution in [0.3, 0.4) is 0 Å². The van der Waals surface area contributed by atoms with Crippen molar-refractivity contribution in [1.29, 1.82) is 0 Å². The number of nitrogens with one attached hydrogen (secondary N) is 2. The van der Waals surface area contributed by atoms with Crippen LogP contribution in [-0.2, 0) is 0 Å². The van der Waals surface area contributed by atoms with E-state index < -0.39 is 0 Å². The quantitative estimate of drug-likeness (QED) is 0.742. The molecule has 134 valence electrons. The summed E-state index contributed by atoms with van der Waals surface area (Å²) in [6.07, 6.45) is 5.70. The number of amides is 1. The maximum absolute atomic E-state index is 12.8. The van der Waals surface area contributed by atoms with E-state index in [0.717, 1.165) is 31.5 Å². The zero-order valence-corrected chi connectivity index (χ0v) is 14.5. The fourth-order valence-corrected chi connectivity index (χ4v) is 3.35. The summed E-state index contributed by atoms with van der Waals surface area (Å²) in [6.45, 7) is 1.94. The summed E-state index contributed by atoms with van der Waals surface area (Å²) in [5.74, 6) is 0.484. The Balaban J connectivity index is 1.53. The molecule has 1 amide bonds. The van der Waals surface area contributed by atoms with Crippen LogP contribution in [0, 0.1) is 0 Å². The molecule has 2 N–H and O–H groups in total. The van der Waals surface area contributed by atoms with E-state index in [1.807, 2.05) is 53.3 Å². The van der Waals surface area contributed by atoms with Crippen LogP contribution < -0.4 is 10.6 Å². The predicted octanol–water partition coefficient (Wildman–Crippen LogP) is 2.92. The number of benzene rings is 1. The van der Waals surface area contributed by atoms with Crippen molar-refractivity contribution in [3.8, 4) is 0 Å². The number of piperidine rings is 1. The zero-order chi connectivity index (χ0) is 17.8. The van der Waals surface area contributed by atoms with Crippen LogP contribution >= 0.6 is 0 Å². The van der Waals surface area contributed by atoms with Crippen LogP contribution in [0.1, 0.15) is 46.7 Å². The second kappa shape index (κ2) is 7.58. The summed E-state index contributed by atoms with van der Waals surface area (Å²) in [6, 6.07) is 15.2. The van der Waals surface area contributed by atoms with Gasteiger partial charge in [-0.25, -0.2) is 0 Å². The predicted molar refractivity (Wildman–Crippen MR) is 97.8 cm³/mol. The van der Waals surface area contributed by atoms with Gasteiger partial charge in [-0.2, -0.15) is 5.10 Å². The molecule has 1 aliphatic heterocycles. The Kier molecular flexibility index (Phi) is 4.84. The molecule has 2 atom stereocenters. The van der Waals surface area contributed by atoms with E-state index in [0.29, 0.717) is 17.5 Å². The fraction of sp³-hybridized carbons (Fsp3) is 0.300. The topological polar surface area (TPSA) is 72.1 Å². The number of carbonyl (C=O) groups excluding carboxylic acids is 1.